The van der Waals surface area contributed by atoms with E-state index in [1.807, 2.05) is 62.4 Å². The van der Waals surface area contributed by atoms with Crippen molar-refractivity contribution in [1.29, 1.82) is 0 Å². The Bertz CT molecular complexity index is 905. The number of ether oxygens (including phenoxy) is 1. The Kier molecular flexibility index (Phi) is 4.70. The fourth-order valence-corrected chi connectivity index (χ4v) is 2.57. The first-order chi connectivity index (χ1) is 12.0. The molecule has 4 nitrogen and oxygen atoms in total. The molecular formula is C21H20N2O2. The molecule has 0 spiro atoms. The topological polar surface area (TPSA) is 64.3 Å². The number of para-hydroxylation sites is 1. The van der Waals surface area contributed by atoms with Gasteiger partial charge in [0.05, 0.1) is 0 Å². The lowest BCUT2D eigenvalue weighted by atomic mass is 10.00. The highest BCUT2D eigenvalue weighted by Crippen LogP contribution is 2.27. The van der Waals surface area contributed by atoms with Crippen molar-refractivity contribution >= 4 is 17.5 Å². The molecule has 0 aliphatic carbocycles. The molecule has 0 aliphatic rings. The third-order valence-electron chi connectivity index (χ3n) is 4.02. The first-order valence-electron chi connectivity index (χ1n) is 8.04. The predicted molar refractivity (Wildman–Crippen MR) is 102 cm³/mol. The number of hydrogen-bond acceptors (Lipinski definition) is 3. The molecule has 0 bridgehead atoms. The Morgan fingerprint density at radius 3 is 2.16 bits per heavy atom. The summed E-state index contributed by atoms with van der Waals surface area (Å²) in [7, 11) is 0. The molecule has 25 heavy (non-hydrogen) atoms. The van der Waals surface area contributed by atoms with E-state index in [1.54, 1.807) is 12.1 Å². The van der Waals surface area contributed by atoms with Gasteiger partial charge in [0.15, 0.2) is 0 Å². The van der Waals surface area contributed by atoms with Crippen molar-refractivity contribution in [2.75, 3.05) is 11.1 Å². The van der Waals surface area contributed by atoms with Crippen molar-refractivity contribution in [3.63, 3.8) is 0 Å². The molecule has 3 rings (SSSR count). The number of rotatable bonds is 3. The summed E-state index contributed by atoms with van der Waals surface area (Å²) in [6, 6.07) is 20.8. The van der Waals surface area contributed by atoms with E-state index in [-0.39, 0.29) is 0 Å². The average Bonchev–Trinajstić information content (AvgIpc) is 2.60. The summed E-state index contributed by atoms with van der Waals surface area (Å²) < 4.78 is 5.25. The van der Waals surface area contributed by atoms with Gasteiger partial charge in [0.1, 0.15) is 5.75 Å². The summed E-state index contributed by atoms with van der Waals surface area (Å²) in [5.74, 6) is 0.506. The normalized spacial score (nSPS) is 10.3. The number of nitrogens with two attached hydrogens (primary N) is 1. The van der Waals surface area contributed by atoms with Gasteiger partial charge in [-0.25, -0.2) is 4.79 Å². The highest BCUT2D eigenvalue weighted by Gasteiger charge is 2.08. The largest absolute Gasteiger partial charge is 0.417 e. The Labute approximate surface area is 147 Å². The predicted octanol–water partition coefficient (Wildman–Crippen LogP) is 5.16. The average molecular weight is 332 g/mol. The number of nitrogen functional groups attached to an aromatic ring is 1. The molecule has 0 radical (unpaired) electrons. The van der Waals surface area contributed by atoms with Crippen LogP contribution in [0.5, 0.6) is 5.75 Å². The summed E-state index contributed by atoms with van der Waals surface area (Å²) in [5.41, 5.74) is 11.5. The van der Waals surface area contributed by atoms with Crippen LogP contribution in [0.1, 0.15) is 11.1 Å². The van der Waals surface area contributed by atoms with Gasteiger partial charge in [-0.3, -0.25) is 5.32 Å². The molecule has 0 saturated carbocycles. The van der Waals surface area contributed by atoms with Crippen LogP contribution < -0.4 is 15.8 Å². The van der Waals surface area contributed by atoms with Crippen LogP contribution in [0.4, 0.5) is 16.2 Å². The lowest BCUT2D eigenvalue weighted by Gasteiger charge is -2.11. The molecule has 3 N–H and O–H groups in total. The second-order valence-corrected chi connectivity index (χ2v) is 5.93. The lowest BCUT2D eigenvalue weighted by molar-refractivity contribution is 0.215. The van der Waals surface area contributed by atoms with E-state index in [4.69, 9.17) is 10.5 Å². The van der Waals surface area contributed by atoms with Gasteiger partial charge in [-0.1, -0.05) is 30.3 Å². The summed E-state index contributed by atoms with van der Waals surface area (Å²) in [6.07, 6.45) is -0.509. The van der Waals surface area contributed by atoms with Gasteiger partial charge in [-0.05, 0) is 72.5 Å². The van der Waals surface area contributed by atoms with E-state index < -0.39 is 6.09 Å². The minimum Gasteiger partial charge on any atom is -0.410 e. The number of carbonyl (C=O) groups excluding carboxylic acids is 1. The maximum atomic E-state index is 12.0. The van der Waals surface area contributed by atoms with Gasteiger partial charge in [-0.15, -0.1) is 0 Å². The van der Waals surface area contributed by atoms with Gasteiger partial charge in [0, 0.05) is 11.4 Å². The minimum absolute atomic E-state index is 0.506. The van der Waals surface area contributed by atoms with Crippen molar-refractivity contribution in [2.24, 2.45) is 0 Å². The molecular weight excluding hydrogens is 312 g/mol. The van der Waals surface area contributed by atoms with Crippen LogP contribution in [0.25, 0.3) is 11.1 Å². The third kappa shape index (κ3) is 3.98. The smallest absolute Gasteiger partial charge is 0.410 e. The van der Waals surface area contributed by atoms with Crippen LogP contribution in [0.3, 0.4) is 0 Å². The Balaban J connectivity index is 1.75. The van der Waals surface area contributed by atoms with Crippen molar-refractivity contribution in [3.8, 4) is 16.9 Å². The number of benzene rings is 3. The van der Waals surface area contributed by atoms with Gasteiger partial charge in [-0.2, -0.15) is 0 Å². The fraction of sp³-hybridized carbons (Fsp3) is 0.0952. The maximum absolute atomic E-state index is 12.0. The molecule has 3 aromatic carbocycles. The summed E-state index contributed by atoms with van der Waals surface area (Å²) in [5, 5.41) is 2.78. The molecule has 0 atom stereocenters. The van der Waals surface area contributed by atoms with Gasteiger partial charge < -0.3 is 10.5 Å². The molecule has 0 aliphatic heterocycles. The number of carbonyl (C=O) groups is 1. The van der Waals surface area contributed by atoms with E-state index in [2.05, 4.69) is 11.4 Å². The number of hydrogen-bond donors (Lipinski definition) is 2. The van der Waals surface area contributed by atoms with Crippen LogP contribution in [-0.2, 0) is 0 Å². The number of amides is 1. The second kappa shape index (κ2) is 7.09. The first-order valence-corrected chi connectivity index (χ1v) is 8.04. The van der Waals surface area contributed by atoms with Crippen molar-refractivity contribution in [1.82, 2.24) is 0 Å². The van der Waals surface area contributed by atoms with Gasteiger partial charge in [0.2, 0.25) is 0 Å². The zero-order valence-corrected chi connectivity index (χ0v) is 14.2. The van der Waals surface area contributed by atoms with Crippen molar-refractivity contribution in [2.45, 2.75) is 13.8 Å². The number of nitrogens with one attached hydrogen (secondary N) is 1. The fourth-order valence-electron chi connectivity index (χ4n) is 2.57. The van der Waals surface area contributed by atoms with E-state index in [1.165, 1.54) is 0 Å². The summed E-state index contributed by atoms with van der Waals surface area (Å²) in [4.78, 5) is 12.0. The lowest BCUT2D eigenvalue weighted by Crippen LogP contribution is -2.17. The van der Waals surface area contributed by atoms with Crippen molar-refractivity contribution in [3.05, 3.63) is 77.9 Å². The Hall–Kier alpha value is -3.27. The SMILES string of the molecule is Cc1cc(-c2ccc(NC(=O)Oc3ccccc3)c(C)c2)ccc1N. The minimum atomic E-state index is -0.509. The third-order valence-corrected chi connectivity index (χ3v) is 4.02. The number of aryl methyl sites for hydroxylation is 2. The van der Waals surface area contributed by atoms with E-state index >= 15 is 0 Å². The Morgan fingerprint density at radius 2 is 1.52 bits per heavy atom. The molecule has 0 saturated heterocycles. The highest BCUT2D eigenvalue weighted by molar-refractivity contribution is 5.88. The molecule has 1 amide bonds. The molecule has 3 aromatic rings. The van der Waals surface area contributed by atoms with Crippen LogP contribution in [0.2, 0.25) is 0 Å². The standard InChI is InChI=1S/C21H20N2O2/c1-14-12-16(8-10-19(14)22)17-9-11-20(15(2)13-17)23-21(24)25-18-6-4-3-5-7-18/h3-13H,22H2,1-2H3,(H,23,24). The second-order valence-electron chi connectivity index (χ2n) is 5.93. The van der Waals surface area contributed by atoms with Gasteiger partial charge >= 0.3 is 6.09 Å². The zero-order chi connectivity index (χ0) is 17.8. The van der Waals surface area contributed by atoms with Gasteiger partial charge in [0.25, 0.3) is 0 Å². The van der Waals surface area contributed by atoms with Crippen LogP contribution in [0.15, 0.2) is 66.7 Å². The van der Waals surface area contributed by atoms with E-state index in [0.29, 0.717) is 5.75 Å². The molecule has 0 aromatic heterocycles. The summed E-state index contributed by atoms with van der Waals surface area (Å²) in [6.45, 7) is 3.94. The summed E-state index contributed by atoms with van der Waals surface area (Å²) >= 11 is 0. The van der Waals surface area contributed by atoms with Crippen LogP contribution in [-0.4, -0.2) is 6.09 Å². The quantitative estimate of drug-likeness (QED) is 0.651. The van der Waals surface area contributed by atoms with E-state index in [0.717, 1.165) is 33.6 Å². The molecule has 0 unspecified atom stereocenters. The highest BCUT2D eigenvalue weighted by atomic mass is 16.6. The van der Waals surface area contributed by atoms with Crippen LogP contribution in [0, 0.1) is 13.8 Å². The zero-order valence-electron chi connectivity index (χ0n) is 14.2. The maximum Gasteiger partial charge on any atom is 0.417 e. The molecule has 126 valence electrons. The monoisotopic (exact) mass is 332 g/mol. The van der Waals surface area contributed by atoms with E-state index in [9.17, 15) is 4.79 Å². The molecule has 4 heteroatoms. The van der Waals surface area contributed by atoms with Crippen LogP contribution >= 0.6 is 0 Å². The first kappa shape index (κ1) is 16.6. The Morgan fingerprint density at radius 1 is 0.880 bits per heavy atom. The van der Waals surface area contributed by atoms with Crippen molar-refractivity contribution < 1.29 is 9.53 Å². The molecule has 0 heterocycles. The molecule has 0 fully saturated rings. The number of anilines is 2.